The number of aromatic nitrogens is 3. The molecule has 1 fully saturated rings. The Morgan fingerprint density at radius 1 is 0.938 bits per heavy atom. The standard InChI is InChI=1S/C25H31N5OS/c1-20(24(31)26-17-21-11-5-2-6-12-21)32-25-28-27-23(19-29-15-9-4-10-16-29)30(25)18-22-13-7-3-8-14-22/h2-3,5-8,11-14,20H,4,9-10,15-19H2,1H3,(H,26,31). The largest absolute Gasteiger partial charge is 0.351 e. The average Bonchev–Trinajstić information content (AvgIpc) is 3.20. The first-order chi connectivity index (χ1) is 15.7. The Morgan fingerprint density at radius 2 is 1.59 bits per heavy atom. The molecule has 2 aromatic carbocycles. The summed E-state index contributed by atoms with van der Waals surface area (Å²) in [5, 5.41) is 12.6. The molecule has 1 aromatic heterocycles. The van der Waals surface area contributed by atoms with Gasteiger partial charge in [-0.2, -0.15) is 0 Å². The molecule has 1 amide bonds. The third-order valence-corrected chi connectivity index (χ3v) is 6.83. The Balaban J connectivity index is 1.45. The van der Waals surface area contributed by atoms with Crippen LogP contribution in [0, 0.1) is 0 Å². The lowest BCUT2D eigenvalue weighted by atomic mass is 10.1. The highest BCUT2D eigenvalue weighted by molar-refractivity contribution is 8.00. The molecular formula is C25H31N5OS. The van der Waals surface area contributed by atoms with Gasteiger partial charge in [0.15, 0.2) is 5.16 Å². The van der Waals surface area contributed by atoms with Crippen molar-refractivity contribution < 1.29 is 4.79 Å². The number of likely N-dealkylation sites (tertiary alicyclic amines) is 1. The van der Waals surface area contributed by atoms with Gasteiger partial charge < -0.3 is 9.88 Å². The fourth-order valence-electron chi connectivity index (χ4n) is 3.91. The van der Waals surface area contributed by atoms with Gasteiger partial charge >= 0.3 is 0 Å². The van der Waals surface area contributed by atoms with Gasteiger partial charge in [0.05, 0.1) is 18.3 Å². The van der Waals surface area contributed by atoms with Gasteiger partial charge in [-0.25, -0.2) is 0 Å². The molecule has 1 saturated heterocycles. The summed E-state index contributed by atoms with van der Waals surface area (Å²) in [6.45, 7) is 6.18. The van der Waals surface area contributed by atoms with Crippen LogP contribution in [0.5, 0.6) is 0 Å². The van der Waals surface area contributed by atoms with Crippen molar-refractivity contribution in [2.24, 2.45) is 0 Å². The summed E-state index contributed by atoms with van der Waals surface area (Å²) >= 11 is 1.47. The molecule has 0 spiro atoms. The Bertz CT molecular complexity index is 986. The summed E-state index contributed by atoms with van der Waals surface area (Å²) in [6.07, 6.45) is 3.80. The second kappa shape index (κ2) is 11.3. The first kappa shape index (κ1) is 22.6. The molecule has 1 unspecified atom stereocenters. The summed E-state index contributed by atoms with van der Waals surface area (Å²) in [4.78, 5) is 15.2. The first-order valence-electron chi connectivity index (χ1n) is 11.4. The number of thioether (sulfide) groups is 1. The van der Waals surface area contributed by atoms with Gasteiger partial charge in [0.1, 0.15) is 5.82 Å². The molecule has 0 bridgehead atoms. The topological polar surface area (TPSA) is 63.1 Å². The van der Waals surface area contributed by atoms with E-state index in [1.807, 2.05) is 43.3 Å². The molecule has 1 atom stereocenters. The van der Waals surface area contributed by atoms with Crippen LogP contribution in [0.15, 0.2) is 65.8 Å². The molecule has 1 N–H and O–H groups in total. The molecule has 6 nitrogen and oxygen atoms in total. The lowest BCUT2D eigenvalue weighted by Gasteiger charge is -2.26. The van der Waals surface area contributed by atoms with Crippen LogP contribution in [0.4, 0.5) is 0 Å². The van der Waals surface area contributed by atoms with Crippen LogP contribution in [-0.4, -0.2) is 43.9 Å². The van der Waals surface area contributed by atoms with Gasteiger partial charge in [-0.15, -0.1) is 10.2 Å². The van der Waals surface area contributed by atoms with E-state index in [1.54, 1.807) is 0 Å². The first-order valence-corrected chi connectivity index (χ1v) is 12.2. The number of hydrogen-bond acceptors (Lipinski definition) is 5. The van der Waals surface area contributed by atoms with Gasteiger partial charge in [-0.1, -0.05) is 78.8 Å². The SMILES string of the molecule is CC(Sc1nnc(CN2CCCCC2)n1Cc1ccccc1)C(=O)NCc1ccccc1. The number of amides is 1. The van der Waals surface area contributed by atoms with Crippen molar-refractivity contribution in [3.05, 3.63) is 77.6 Å². The van der Waals surface area contributed by atoms with Crippen molar-refractivity contribution >= 4 is 17.7 Å². The van der Waals surface area contributed by atoms with E-state index in [2.05, 4.69) is 49.2 Å². The van der Waals surface area contributed by atoms with Crippen molar-refractivity contribution in [1.82, 2.24) is 25.0 Å². The van der Waals surface area contributed by atoms with E-state index in [9.17, 15) is 4.79 Å². The zero-order valence-corrected chi connectivity index (χ0v) is 19.4. The second-order valence-electron chi connectivity index (χ2n) is 8.27. The molecule has 2 heterocycles. The lowest BCUT2D eigenvalue weighted by Crippen LogP contribution is -2.31. The maximum atomic E-state index is 12.7. The molecule has 7 heteroatoms. The maximum Gasteiger partial charge on any atom is 0.233 e. The molecule has 0 saturated carbocycles. The number of nitrogens with one attached hydrogen (secondary N) is 1. The Kier molecular flexibility index (Phi) is 7.96. The van der Waals surface area contributed by atoms with Gasteiger partial charge in [0, 0.05) is 6.54 Å². The molecule has 4 rings (SSSR count). The third kappa shape index (κ3) is 6.20. The van der Waals surface area contributed by atoms with Gasteiger partial charge in [-0.05, 0) is 44.0 Å². The van der Waals surface area contributed by atoms with E-state index in [-0.39, 0.29) is 11.2 Å². The highest BCUT2D eigenvalue weighted by atomic mass is 32.2. The molecule has 0 radical (unpaired) electrons. The number of nitrogens with zero attached hydrogens (tertiary/aromatic N) is 4. The van der Waals surface area contributed by atoms with Gasteiger partial charge in [-0.3, -0.25) is 9.69 Å². The van der Waals surface area contributed by atoms with E-state index in [4.69, 9.17) is 0 Å². The van der Waals surface area contributed by atoms with Crippen molar-refractivity contribution in [3.63, 3.8) is 0 Å². The fraction of sp³-hybridized carbons (Fsp3) is 0.400. The van der Waals surface area contributed by atoms with Crippen LogP contribution in [0.25, 0.3) is 0 Å². The number of carbonyl (C=O) groups is 1. The molecule has 32 heavy (non-hydrogen) atoms. The number of carbonyl (C=O) groups excluding carboxylic acids is 1. The average molecular weight is 450 g/mol. The third-order valence-electron chi connectivity index (χ3n) is 5.75. The van der Waals surface area contributed by atoms with Crippen molar-refractivity contribution in [2.75, 3.05) is 13.1 Å². The zero-order chi connectivity index (χ0) is 22.2. The normalized spacial score (nSPS) is 15.4. The van der Waals surface area contributed by atoms with Crippen LogP contribution in [0.3, 0.4) is 0 Å². The van der Waals surface area contributed by atoms with Crippen LogP contribution >= 0.6 is 11.8 Å². The minimum atomic E-state index is -0.264. The number of rotatable bonds is 9. The summed E-state index contributed by atoms with van der Waals surface area (Å²) in [6, 6.07) is 20.3. The predicted molar refractivity (Wildman–Crippen MR) is 128 cm³/mol. The summed E-state index contributed by atoms with van der Waals surface area (Å²) in [5.74, 6) is 0.973. The molecular weight excluding hydrogens is 418 g/mol. The maximum absolute atomic E-state index is 12.7. The van der Waals surface area contributed by atoms with Gasteiger partial charge in [0.2, 0.25) is 5.91 Å². The predicted octanol–water partition coefficient (Wildman–Crippen LogP) is 4.11. The number of piperidine rings is 1. The monoisotopic (exact) mass is 449 g/mol. The zero-order valence-electron chi connectivity index (χ0n) is 18.6. The van der Waals surface area contributed by atoms with Crippen molar-refractivity contribution in [3.8, 4) is 0 Å². The van der Waals surface area contributed by atoms with E-state index >= 15 is 0 Å². The molecule has 3 aromatic rings. The Morgan fingerprint density at radius 3 is 2.28 bits per heavy atom. The lowest BCUT2D eigenvalue weighted by molar-refractivity contribution is -0.120. The summed E-state index contributed by atoms with van der Waals surface area (Å²) in [5.41, 5.74) is 2.30. The van der Waals surface area contributed by atoms with E-state index in [1.165, 1.54) is 36.6 Å². The fourth-order valence-corrected chi connectivity index (χ4v) is 4.80. The Hall–Kier alpha value is -2.64. The molecule has 1 aliphatic heterocycles. The number of hydrogen-bond donors (Lipinski definition) is 1. The van der Waals surface area contributed by atoms with Crippen LogP contribution < -0.4 is 5.32 Å². The van der Waals surface area contributed by atoms with Crippen LogP contribution in [-0.2, 0) is 24.4 Å². The smallest absolute Gasteiger partial charge is 0.233 e. The Labute approximate surface area is 194 Å². The quantitative estimate of drug-likeness (QED) is 0.498. The van der Waals surface area contributed by atoms with Gasteiger partial charge in [0.25, 0.3) is 0 Å². The minimum Gasteiger partial charge on any atom is -0.351 e. The van der Waals surface area contributed by atoms with E-state index in [0.29, 0.717) is 13.1 Å². The molecule has 1 aliphatic rings. The van der Waals surface area contributed by atoms with E-state index in [0.717, 1.165) is 36.2 Å². The minimum absolute atomic E-state index is 0.00527. The van der Waals surface area contributed by atoms with Crippen molar-refractivity contribution in [1.29, 1.82) is 0 Å². The molecule has 0 aliphatic carbocycles. The summed E-state index contributed by atoms with van der Waals surface area (Å²) in [7, 11) is 0. The van der Waals surface area contributed by atoms with Crippen molar-refractivity contribution in [2.45, 2.75) is 56.2 Å². The van der Waals surface area contributed by atoms with Crippen LogP contribution in [0.2, 0.25) is 0 Å². The highest BCUT2D eigenvalue weighted by Crippen LogP contribution is 2.25. The second-order valence-corrected chi connectivity index (χ2v) is 9.58. The highest BCUT2D eigenvalue weighted by Gasteiger charge is 2.22. The number of benzene rings is 2. The van der Waals surface area contributed by atoms with E-state index < -0.39 is 0 Å². The summed E-state index contributed by atoms with van der Waals surface area (Å²) < 4.78 is 2.18. The molecule has 168 valence electrons. The van der Waals surface area contributed by atoms with Crippen LogP contribution in [0.1, 0.15) is 43.1 Å².